The summed E-state index contributed by atoms with van der Waals surface area (Å²) in [6.45, 7) is 6.10. The number of benzene rings is 2. The number of carbonyl (C=O) groups excluding carboxylic acids is 1. The van der Waals surface area contributed by atoms with Gasteiger partial charge in [0, 0.05) is 43.7 Å². The van der Waals surface area contributed by atoms with Crippen LogP contribution in [0.15, 0.2) is 57.7 Å². The number of rotatable bonds is 7. The van der Waals surface area contributed by atoms with Gasteiger partial charge in [-0.1, -0.05) is 41.9 Å². The first-order valence-electron chi connectivity index (χ1n) is 10.6. The molecule has 0 radical (unpaired) electrons. The van der Waals surface area contributed by atoms with Crippen LogP contribution in [0, 0.1) is 0 Å². The molecule has 1 atom stereocenters. The summed E-state index contributed by atoms with van der Waals surface area (Å²) in [5.41, 5.74) is 1.47. The number of hydrogen-bond acceptors (Lipinski definition) is 6. The fourth-order valence-corrected chi connectivity index (χ4v) is 3.87. The number of carbonyl (C=O) groups is 1. The molecule has 0 aliphatic carbocycles. The first kappa shape index (κ1) is 22.3. The summed E-state index contributed by atoms with van der Waals surface area (Å²) < 4.78 is 16.5. The van der Waals surface area contributed by atoms with E-state index in [9.17, 15) is 9.59 Å². The average Bonchev–Trinajstić information content (AvgIpc) is 2.80. The van der Waals surface area contributed by atoms with Gasteiger partial charge in [0.05, 0.1) is 18.2 Å². The molecule has 168 valence electrons. The highest BCUT2D eigenvalue weighted by molar-refractivity contribution is 6.33. The lowest BCUT2D eigenvalue weighted by Gasteiger charge is -2.26. The van der Waals surface area contributed by atoms with Gasteiger partial charge in [-0.05, 0) is 24.1 Å². The van der Waals surface area contributed by atoms with Crippen molar-refractivity contribution in [3.8, 4) is 16.9 Å². The zero-order valence-electron chi connectivity index (χ0n) is 17.8. The number of halogens is 1. The van der Waals surface area contributed by atoms with E-state index in [1.54, 1.807) is 19.1 Å². The fourth-order valence-electron chi connectivity index (χ4n) is 3.66. The maximum absolute atomic E-state index is 12.5. The zero-order valence-corrected chi connectivity index (χ0v) is 18.6. The molecule has 8 heteroatoms. The average molecular weight is 457 g/mol. The van der Waals surface area contributed by atoms with E-state index in [4.69, 9.17) is 25.5 Å². The molecule has 1 saturated heterocycles. The minimum atomic E-state index is -0.765. The van der Waals surface area contributed by atoms with Crippen LogP contribution < -0.4 is 15.7 Å². The molecule has 7 nitrogen and oxygen atoms in total. The van der Waals surface area contributed by atoms with Crippen LogP contribution >= 0.6 is 11.6 Å². The number of morpholine rings is 1. The van der Waals surface area contributed by atoms with Crippen molar-refractivity contribution in [2.45, 2.75) is 13.0 Å². The standard InChI is InChI=1S/C24H25ClN2O5/c1-16(24(29)26-7-8-27-9-11-30-12-10-27)31-22-15-21-19(13-20(22)25)18(14-23(28)32-21)17-5-3-2-4-6-17/h2-6,13-16H,7-12H2,1H3,(H,26,29). The summed E-state index contributed by atoms with van der Waals surface area (Å²) in [6.07, 6.45) is -0.765. The summed E-state index contributed by atoms with van der Waals surface area (Å²) in [6, 6.07) is 14.2. The van der Waals surface area contributed by atoms with E-state index >= 15 is 0 Å². The Morgan fingerprint density at radius 2 is 1.94 bits per heavy atom. The highest BCUT2D eigenvalue weighted by Gasteiger charge is 2.19. The maximum atomic E-state index is 12.5. The van der Waals surface area contributed by atoms with Gasteiger partial charge < -0.3 is 19.2 Å². The molecule has 2 heterocycles. The van der Waals surface area contributed by atoms with Crippen molar-refractivity contribution in [1.82, 2.24) is 10.2 Å². The van der Waals surface area contributed by atoms with Crippen LogP contribution in [0.2, 0.25) is 5.02 Å². The number of amides is 1. The van der Waals surface area contributed by atoms with Gasteiger partial charge in [-0.15, -0.1) is 0 Å². The number of nitrogens with one attached hydrogen (secondary N) is 1. The van der Waals surface area contributed by atoms with Crippen molar-refractivity contribution in [2.75, 3.05) is 39.4 Å². The van der Waals surface area contributed by atoms with Crippen molar-refractivity contribution in [3.63, 3.8) is 0 Å². The minimum Gasteiger partial charge on any atom is -0.479 e. The summed E-state index contributed by atoms with van der Waals surface area (Å²) in [5.74, 6) is 0.0391. The van der Waals surface area contributed by atoms with Crippen LogP contribution in [0.5, 0.6) is 5.75 Å². The van der Waals surface area contributed by atoms with Crippen LogP contribution in [0.3, 0.4) is 0 Å². The molecule has 2 aromatic carbocycles. The lowest BCUT2D eigenvalue weighted by molar-refractivity contribution is -0.127. The summed E-state index contributed by atoms with van der Waals surface area (Å²) >= 11 is 6.46. The van der Waals surface area contributed by atoms with Crippen LogP contribution in [0.25, 0.3) is 22.1 Å². The Hall–Kier alpha value is -2.87. The minimum absolute atomic E-state index is 0.242. The molecule has 1 aliphatic heterocycles. The Balaban J connectivity index is 1.47. The second-order valence-electron chi connectivity index (χ2n) is 7.63. The maximum Gasteiger partial charge on any atom is 0.336 e. The molecule has 32 heavy (non-hydrogen) atoms. The molecule has 0 saturated carbocycles. The molecule has 0 spiro atoms. The molecule has 1 amide bonds. The lowest BCUT2D eigenvalue weighted by Crippen LogP contribution is -2.43. The molecular formula is C24H25ClN2O5. The van der Waals surface area contributed by atoms with Gasteiger partial charge in [0.1, 0.15) is 11.3 Å². The van der Waals surface area contributed by atoms with Crippen molar-refractivity contribution >= 4 is 28.5 Å². The monoisotopic (exact) mass is 456 g/mol. The Bertz CT molecular complexity index is 1140. The largest absolute Gasteiger partial charge is 0.479 e. The summed E-state index contributed by atoms with van der Waals surface area (Å²) in [7, 11) is 0. The van der Waals surface area contributed by atoms with Crippen molar-refractivity contribution in [3.05, 3.63) is 64.0 Å². The third-order valence-corrected chi connectivity index (χ3v) is 5.68. The van der Waals surface area contributed by atoms with Gasteiger partial charge in [0.25, 0.3) is 5.91 Å². The number of hydrogen-bond donors (Lipinski definition) is 1. The van der Waals surface area contributed by atoms with Crippen LogP contribution in [0.1, 0.15) is 6.92 Å². The van der Waals surface area contributed by atoms with Gasteiger partial charge >= 0.3 is 5.63 Å². The molecular weight excluding hydrogens is 432 g/mol. The summed E-state index contributed by atoms with van der Waals surface area (Å²) in [5, 5.41) is 3.90. The molecule has 1 aromatic heterocycles. The Morgan fingerprint density at radius 1 is 1.19 bits per heavy atom. The van der Waals surface area contributed by atoms with Gasteiger partial charge in [0.2, 0.25) is 0 Å². The first-order chi connectivity index (χ1) is 15.5. The van der Waals surface area contributed by atoms with E-state index in [1.807, 2.05) is 30.3 Å². The van der Waals surface area contributed by atoms with E-state index in [2.05, 4.69) is 10.2 Å². The van der Waals surface area contributed by atoms with Crippen molar-refractivity contribution in [1.29, 1.82) is 0 Å². The molecule has 1 fully saturated rings. The molecule has 3 aromatic rings. The zero-order chi connectivity index (χ0) is 22.5. The molecule has 1 unspecified atom stereocenters. The predicted octanol–water partition coefficient (Wildman–Crippen LogP) is 3.33. The number of ether oxygens (including phenoxy) is 2. The van der Waals surface area contributed by atoms with E-state index in [0.717, 1.165) is 44.0 Å². The second-order valence-corrected chi connectivity index (χ2v) is 8.04. The number of fused-ring (bicyclic) bond motifs is 1. The van der Waals surface area contributed by atoms with E-state index in [1.165, 1.54) is 6.07 Å². The van der Waals surface area contributed by atoms with Gasteiger partial charge in [-0.2, -0.15) is 0 Å². The molecule has 1 N–H and O–H groups in total. The van der Waals surface area contributed by atoms with Crippen molar-refractivity contribution in [2.24, 2.45) is 0 Å². The Kier molecular flexibility index (Phi) is 7.09. The van der Waals surface area contributed by atoms with E-state index in [0.29, 0.717) is 22.5 Å². The fraction of sp³-hybridized carbons (Fsp3) is 0.333. The third kappa shape index (κ3) is 5.30. The number of nitrogens with zero attached hydrogens (tertiary/aromatic N) is 1. The highest BCUT2D eigenvalue weighted by atomic mass is 35.5. The Morgan fingerprint density at radius 3 is 2.69 bits per heavy atom. The quantitative estimate of drug-likeness (QED) is 0.549. The van der Waals surface area contributed by atoms with E-state index < -0.39 is 11.7 Å². The van der Waals surface area contributed by atoms with Crippen LogP contribution in [-0.4, -0.2) is 56.3 Å². The molecule has 0 bridgehead atoms. The lowest BCUT2D eigenvalue weighted by atomic mass is 10.0. The third-order valence-electron chi connectivity index (χ3n) is 5.39. The van der Waals surface area contributed by atoms with Crippen molar-refractivity contribution < 1.29 is 18.7 Å². The second kappa shape index (κ2) is 10.2. The molecule has 1 aliphatic rings. The highest BCUT2D eigenvalue weighted by Crippen LogP contribution is 2.35. The van der Waals surface area contributed by atoms with Gasteiger partial charge in [0.15, 0.2) is 6.10 Å². The van der Waals surface area contributed by atoms with Gasteiger partial charge in [-0.3, -0.25) is 9.69 Å². The Labute approximate surface area is 190 Å². The van der Waals surface area contributed by atoms with E-state index in [-0.39, 0.29) is 11.7 Å². The summed E-state index contributed by atoms with van der Waals surface area (Å²) in [4.78, 5) is 26.8. The topological polar surface area (TPSA) is 81.0 Å². The molecule has 4 rings (SSSR count). The normalized spacial score (nSPS) is 15.4. The van der Waals surface area contributed by atoms with Crippen LogP contribution in [0.4, 0.5) is 0 Å². The SMILES string of the molecule is CC(Oc1cc2oc(=O)cc(-c3ccccc3)c2cc1Cl)C(=O)NCCN1CCOCC1. The smallest absolute Gasteiger partial charge is 0.336 e. The first-order valence-corrected chi connectivity index (χ1v) is 11.0. The van der Waals surface area contributed by atoms with Gasteiger partial charge in [-0.25, -0.2) is 4.79 Å². The van der Waals surface area contributed by atoms with Crippen LogP contribution in [-0.2, 0) is 9.53 Å². The predicted molar refractivity (Wildman–Crippen MR) is 123 cm³/mol.